The van der Waals surface area contributed by atoms with Gasteiger partial charge in [0.2, 0.25) is 0 Å². The van der Waals surface area contributed by atoms with Gasteiger partial charge in [-0.15, -0.1) is 11.6 Å². The van der Waals surface area contributed by atoms with E-state index in [0.717, 1.165) is 18.4 Å². The molecular weight excluding hydrogens is 316 g/mol. The number of phenols is 1. The highest BCUT2D eigenvalue weighted by Crippen LogP contribution is 2.27. The Morgan fingerprint density at radius 2 is 1.21 bits per heavy atom. The van der Waals surface area contributed by atoms with Crippen LogP contribution in [-0.4, -0.2) is 5.11 Å². The van der Waals surface area contributed by atoms with E-state index in [1.807, 2.05) is 12.1 Å². The van der Waals surface area contributed by atoms with Crippen LogP contribution in [0.15, 0.2) is 12.1 Å². The molecule has 0 bridgehead atoms. The van der Waals surface area contributed by atoms with E-state index in [9.17, 15) is 5.11 Å². The summed E-state index contributed by atoms with van der Waals surface area (Å²) in [6.07, 6.45) is 16.6. The topological polar surface area (TPSA) is 20.2 Å². The number of hydrogen-bond donors (Lipinski definition) is 1. The average Bonchev–Trinajstić information content (AvgIpc) is 2.58. The van der Waals surface area contributed by atoms with Gasteiger partial charge in [0.1, 0.15) is 5.75 Å². The van der Waals surface area contributed by atoms with Crippen LogP contribution in [0.3, 0.4) is 0 Å². The average molecular weight is 353 g/mol. The van der Waals surface area contributed by atoms with Crippen molar-refractivity contribution in [3.05, 3.63) is 28.8 Å². The Balaban J connectivity index is 2.48. The lowest BCUT2D eigenvalue weighted by atomic mass is 9.92. The van der Waals surface area contributed by atoms with Crippen LogP contribution in [-0.2, 0) is 18.7 Å². The van der Waals surface area contributed by atoms with Crippen molar-refractivity contribution in [3.8, 4) is 5.75 Å². The van der Waals surface area contributed by atoms with Crippen LogP contribution in [0.25, 0.3) is 0 Å². The molecule has 0 amide bonds. The van der Waals surface area contributed by atoms with E-state index in [0.29, 0.717) is 11.6 Å². The van der Waals surface area contributed by atoms with Crippen molar-refractivity contribution in [1.29, 1.82) is 0 Å². The summed E-state index contributed by atoms with van der Waals surface area (Å²) in [5.41, 5.74) is 3.86. The molecule has 0 aliphatic carbocycles. The van der Waals surface area contributed by atoms with Gasteiger partial charge in [0.25, 0.3) is 0 Å². The van der Waals surface area contributed by atoms with E-state index in [2.05, 4.69) is 13.8 Å². The predicted octanol–water partition coefficient (Wildman–Crippen LogP) is 7.55. The highest BCUT2D eigenvalue weighted by atomic mass is 35.5. The lowest BCUT2D eigenvalue weighted by molar-refractivity contribution is 0.473. The van der Waals surface area contributed by atoms with Crippen LogP contribution >= 0.6 is 11.6 Å². The standard InChI is InChI=1S/C22H37ClO/c1-3-5-7-8-9-10-11-13-14-19-16-21(24)17-20(18-23)22(19)15-12-6-4-2/h16-17,24H,3-15,18H2,1-2H3. The van der Waals surface area contributed by atoms with E-state index < -0.39 is 0 Å². The molecule has 0 heterocycles. The van der Waals surface area contributed by atoms with Crippen molar-refractivity contribution in [2.45, 2.75) is 103 Å². The third-order valence-corrected chi connectivity index (χ3v) is 5.18. The maximum Gasteiger partial charge on any atom is 0.116 e. The van der Waals surface area contributed by atoms with Crippen LogP contribution in [0, 0.1) is 0 Å². The zero-order valence-corrected chi connectivity index (χ0v) is 16.6. The minimum absolute atomic E-state index is 0.374. The fraction of sp³-hybridized carbons (Fsp3) is 0.727. The van der Waals surface area contributed by atoms with Crippen molar-refractivity contribution >= 4 is 11.6 Å². The Bertz CT molecular complexity index is 442. The van der Waals surface area contributed by atoms with Gasteiger partial charge in [-0.05, 0) is 54.5 Å². The highest BCUT2D eigenvalue weighted by Gasteiger charge is 2.10. The summed E-state index contributed by atoms with van der Waals surface area (Å²) in [5, 5.41) is 9.99. The molecular formula is C22H37ClO. The smallest absolute Gasteiger partial charge is 0.116 e. The SMILES string of the molecule is CCCCCCCCCCc1cc(O)cc(CCl)c1CCCCC. The number of hydrogen-bond acceptors (Lipinski definition) is 1. The first-order valence-electron chi connectivity index (χ1n) is 10.1. The molecule has 0 radical (unpaired) electrons. The summed E-state index contributed by atoms with van der Waals surface area (Å²) in [6, 6.07) is 3.82. The summed E-state index contributed by atoms with van der Waals surface area (Å²) in [7, 11) is 0. The summed E-state index contributed by atoms with van der Waals surface area (Å²) in [6.45, 7) is 4.50. The first kappa shape index (κ1) is 21.4. The predicted molar refractivity (Wildman–Crippen MR) is 107 cm³/mol. The second kappa shape index (κ2) is 13.6. The summed E-state index contributed by atoms with van der Waals surface area (Å²) in [4.78, 5) is 0. The molecule has 0 atom stereocenters. The van der Waals surface area contributed by atoms with Gasteiger partial charge in [-0.3, -0.25) is 0 Å². The fourth-order valence-corrected chi connectivity index (χ4v) is 3.68. The van der Waals surface area contributed by atoms with Crippen molar-refractivity contribution in [1.82, 2.24) is 0 Å². The number of benzene rings is 1. The van der Waals surface area contributed by atoms with E-state index in [1.54, 1.807) is 0 Å². The van der Waals surface area contributed by atoms with Gasteiger partial charge in [-0.2, -0.15) is 0 Å². The first-order chi connectivity index (χ1) is 11.7. The Hall–Kier alpha value is -0.690. The number of aryl methyl sites for hydroxylation is 1. The normalized spacial score (nSPS) is 11.1. The zero-order chi connectivity index (χ0) is 17.6. The molecule has 1 aromatic carbocycles. The molecule has 1 rings (SSSR count). The Labute approximate surface area is 154 Å². The minimum atomic E-state index is 0.374. The van der Waals surface area contributed by atoms with Crippen LogP contribution in [0.4, 0.5) is 0 Å². The molecule has 0 saturated heterocycles. The fourth-order valence-electron chi connectivity index (χ4n) is 3.44. The second-order valence-electron chi connectivity index (χ2n) is 7.06. The van der Waals surface area contributed by atoms with Crippen molar-refractivity contribution in [2.24, 2.45) is 0 Å². The van der Waals surface area contributed by atoms with E-state index in [4.69, 9.17) is 11.6 Å². The molecule has 0 saturated carbocycles. The largest absolute Gasteiger partial charge is 0.508 e. The van der Waals surface area contributed by atoms with Gasteiger partial charge in [0, 0.05) is 5.88 Å². The molecule has 24 heavy (non-hydrogen) atoms. The lowest BCUT2D eigenvalue weighted by Crippen LogP contribution is -2.00. The molecule has 0 fully saturated rings. The van der Waals surface area contributed by atoms with Crippen LogP contribution in [0.2, 0.25) is 0 Å². The molecule has 0 aromatic heterocycles. The molecule has 2 heteroatoms. The summed E-state index contributed by atoms with van der Waals surface area (Å²) in [5.74, 6) is 0.875. The van der Waals surface area contributed by atoms with Gasteiger partial charge in [0.15, 0.2) is 0 Å². The Kier molecular flexibility index (Phi) is 12.1. The number of aromatic hydroxyl groups is 1. The molecule has 138 valence electrons. The molecule has 1 N–H and O–H groups in total. The number of unbranched alkanes of at least 4 members (excludes halogenated alkanes) is 9. The molecule has 1 nitrogen and oxygen atoms in total. The maximum absolute atomic E-state index is 9.99. The number of phenolic OH excluding ortho intramolecular Hbond substituents is 1. The van der Waals surface area contributed by atoms with Gasteiger partial charge in [0.05, 0.1) is 0 Å². The number of rotatable bonds is 14. The number of alkyl halides is 1. The third-order valence-electron chi connectivity index (χ3n) is 4.89. The van der Waals surface area contributed by atoms with Crippen LogP contribution in [0.5, 0.6) is 5.75 Å². The third kappa shape index (κ3) is 8.42. The van der Waals surface area contributed by atoms with E-state index in [1.165, 1.54) is 81.8 Å². The molecule has 0 spiro atoms. The monoisotopic (exact) mass is 352 g/mol. The lowest BCUT2D eigenvalue weighted by Gasteiger charge is -2.15. The van der Waals surface area contributed by atoms with Crippen molar-refractivity contribution in [3.63, 3.8) is 0 Å². The first-order valence-corrected chi connectivity index (χ1v) is 10.7. The van der Waals surface area contributed by atoms with Gasteiger partial charge in [-0.25, -0.2) is 0 Å². The van der Waals surface area contributed by atoms with E-state index in [-0.39, 0.29) is 0 Å². The Morgan fingerprint density at radius 1 is 0.708 bits per heavy atom. The summed E-state index contributed by atoms with van der Waals surface area (Å²) >= 11 is 6.12. The Morgan fingerprint density at radius 3 is 1.83 bits per heavy atom. The highest BCUT2D eigenvalue weighted by molar-refractivity contribution is 6.17. The maximum atomic E-state index is 9.99. The van der Waals surface area contributed by atoms with Crippen LogP contribution in [0.1, 0.15) is 101 Å². The molecule has 0 aliphatic heterocycles. The summed E-state index contributed by atoms with van der Waals surface area (Å²) < 4.78 is 0. The van der Waals surface area contributed by atoms with Gasteiger partial charge in [-0.1, -0.05) is 71.6 Å². The minimum Gasteiger partial charge on any atom is -0.508 e. The number of halogens is 1. The van der Waals surface area contributed by atoms with Crippen molar-refractivity contribution < 1.29 is 5.11 Å². The van der Waals surface area contributed by atoms with Gasteiger partial charge >= 0.3 is 0 Å². The van der Waals surface area contributed by atoms with Gasteiger partial charge < -0.3 is 5.11 Å². The zero-order valence-electron chi connectivity index (χ0n) is 15.9. The van der Waals surface area contributed by atoms with Crippen LogP contribution < -0.4 is 0 Å². The quantitative estimate of drug-likeness (QED) is 0.270. The molecule has 1 aromatic rings. The van der Waals surface area contributed by atoms with Crippen molar-refractivity contribution in [2.75, 3.05) is 0 Å². The van der Waals surface area contributed by atoms with E-state index >= 15 is 0 Å². The second-order valence-corrected chi connectivity index (χ2v) is 7.33. The molecule has 0 unspecified atom stereocenters. The molecule has 0 aliphatic rings.